The maximum absolute atomic E-state index is 13.7. The lowest BCUT2D eigenvalue weighted by molar-refractivity contribution is -0.130. The first-order valence-corrected chi connectivity index (χ1v) is 5.18. The molecule has 0 aromatic heterocycles. The van der Waals surface area contributed by atoms with Crippen LogP contribution >= 0.6 is 0 Å². The van der Waals surface area contributed by atoms with Crippen LogP contribution in [0.15, 0.2) is 12.1 Å². The molecule has 1 saturated heterocycles. The minimum atomic E-state index is -1.48. The number of imide groups is 1. The summed E-state index contributed by atoms with van der Waals surface area (Å²) in [5, 5.41) is 10.6. The third-order valence-electron chi connectivity index (χ3n) is 2.53. The Bertz CT molecular complexity index is 549. The van der Waals surface area contributed by atoms with Crippen LogP contribution in [-0.2, 0) is 9.59 Å². The number of aromatic carboxylic acids is 1. The van der Waals surface area contributed by atoms with Crippen molar-refractivity contribution in [1.82, 2.24) is 5.32 Å². The molecule has 0 saturated carbocycles. The number of benzene rings is 1. The van der Waals surface area contributed by atoms with Gasteiger partial charge >= 0.3 is 5.97 Å². The first-order valence-electron chi connectivity index (χ1n) is 5.18. The summed E-state index contributed by atoms with van der Waals surface area (Å²) in [6.07, 6.45) is 0. The standard InChI is InChI=1S/C11H8F2N2O4/c12-6-1-5(11(18)19)2-7(13)10(6)15-3-8(16)14-9(17)4-15/h1-2H,3-4H2,(H,18,19)(H,14,16,17). The Labute approximate surface area is 105 Å². The summed E-state index contributed by atoms with van der Waals surface area (Å²) in [7, 11) is 0. The summed E-state index contributed by atoms with van der Waals surface area (Å²) in [5.41, 5.74) is -1.14. The van der Waals surface area contributed by atoms with E-state index in [9.17, 15) is 23.2 Å². The van der Waals surface area contributed by atoms with Crippen LogP contribution in [0, 0.1) is 11.6 Å². The highest BCUT2D eigenvalue weighted by molar-refractivity contribution is 6.02. The molecular weight excluding hydrogens is 262 g/mol. The average molecular weight is 270 g/mol. The zero-order chi connectivity index (χ0) is 14.2. The molecule has 0 atom stereocenters. The van der Waals surface area contributed by atoms with E-state index >= 15 is 0 Å². The summed E-state index contributed by atoms with van der Waals surface area (Å²) in [6.45, 7) is -0.766. The smallest absolute Gasteiger partial charge is 0.335 e. The maximum atomic E-state index is 13.7. The Hall–Kier alpha value is -2.51. The first kappa shape index (κ1) is 12.9. The third-order valence-corrected chi connectivity index (χ3v) is 2.53. The molecule has 1 aliphatic rings. The summed E-state index contributed by atoms with van der Waals surface area (Å²) in [6, 6.07) is 1.27. The van der Waals surface area contributed by atoms with Crippen molar-refractivity contribution in [2.75, 3.05) is 18.0 Å². The molecule has 0 unspecified atom stereocenters. The largest absolute Gasteiger partial charge is 0.478 e. The maximum Gasteiger partial charge on any atom is 0.335 e. The van der Waals surface area contributed by atoms with E-state index in [0.29, 0.717) is 12.1 Å². The predicted octanol–water partition coefficient (Wildman–Crippen LogP) is 0.126. The fourth-order valence-electron chi connectivity index (χ4n) is 1.79. The zero-order valence-corrected chi connectivity index (χ0v) is 9.44. The number of carbonyl (C=O) groups excluding carboxylic acids is 2. The zero-order valence-electron chi connectivity index (χ0n) is 9.44. The van der Waals surface area contributed by atoms with E-state index in [1.54, 1.807) is 0 Å². The Morgan fingerprint density at radius 1 is 1.16 bits per heavy atom. The van der Waals surface area contributed by atoms with Gasteiger partial charge in [0.1, 0.15) is 17.3 Å². The monoisotopic (exact) mass is 270 g/mol. The number of hydrogen-bond acceptors (Lipinski definition) is 4. The fourth-order valence-corrected chi connectivity index (χ4v) is 1.79. The van der Waals surface area contributed by atoms with E-state index < -0.39 is 40.7 Å². The molecule has 0 spiro atoms. The number of hydrogen-bond donors (Lipinski definition) is 2. The number of carbonyl (C=O) groups is 3. The minimum Gasteiger partial charge on any atom is -0.478 e. The van der Waals surface area contributed by atoms with Crippen molar-refractivity contribution in [3.63, 3.8) is 0 Å². The van der Waals surface area contributed by atoms with Gasteiger partial charge < -0.3 is 10.0 Å². The van der Waals surface area contributed by atoms with Crippen molar-refractivity contribution < 1.29 is 28.3 Å². The van der Waals surface area contributed by atoms with Gasteiger partial charge in [0, 0.05) is 0 Å². The normalized spacial score (nSPS) is 15.4. The molecule has 19 heavy (non-hydrogen) atoms. The predicted molar refractivity (Wildman–Crippen MR) is 58.7 cm³/mol. The second-order valence-corrected chi connectivity index (χ2v) is 3.92. The highest BCUT2D eigenvalue weighted by Gasteiger charge is 2.27. The molecular formula is C11H8F2N2O4. The number of rotatable bonds is 2. The van der Waals surface area contributed by atoms with Crippen molar-refractivity contribution in [2.45, 2.75) is 0 Å². The Kier molecular flexibility index (Phi) is 3.16. The molecule has 0 aliphatic carbocycles. The van der Waals surface area contributed by atoms with Gasteiger partial charge in [-0.15, -0.1) is 0 Å². The first-order chi connectivity index (χ1) is 8.88. The molecule has 0 radical (unpaired) electrons. The van der Waals surface area contributed by atoms with Crippen LogP contribution in [0.1, 0.15) is 10.4 Å². The minimum absolute atomic E-state index is 0.383. The average Bonchev–Trinajstić information content (AvgIpc) is 2.26. The van der Waals surface area contributed by atoms with Crippen LogP contribution in [0.2, 0.25) is 0 Å². The molecule has 1 aliphatic heterocycles. The fraction of sp³-hybridized carbons (Fsp3) is 0.182. The highest BCUT2D eigenvalue weighted by atomic mass is 19.1. The van der Waals surface area contributed by atoms with Gasteiger partial charge in [-0.3, -0.25) is 14.9 Å². The van der Waals surface area contributed by atoms with Gasteiger partial charge in [0.05, 0.1) is 18.7 Å². The topological polar surface area (TPSA) is 86.7 Å². The van der Waals surface area contributed by atoms with Gasteiger partial charge in [0.2, 0.25) is 11.8 Å². The number of carboxylic acids is 1. The van der Waals surface area contributed by atoms with Gasteiger partial charge in [-0.1, -0.05) is 0 Å². The van der Waals surface area contributed by atoms with Crippen LogP contribution in [0.5, 0.6) is 0 Å². The lowest BCUT2D eigenvalue weighted by atomic mass is 10.1. The van der Waals surface area contributed by atoms with Gasteiger partial charge in [-0.25, -0.2) is 13.6 Å². The van der Waals surface area contributed by atoms with Crippen molar-refractivity contribution >= 4 is 23.5 Å². The molecule has 6 nitrogen and oxygen atoms in total. The van der Waals surface area contributed by atoms with Crippen LogP contribution in [0.3, 0.4) is 0 Å². The van der Waals surface area contributed by atoms with E-state index in [-0.39, 0.29) is 13.1 Å². The molecule has 100 valence electrons. The van der Waals surface area contributed by atoms with Crippen molar-refractivity contribution in [3.05, 3.63) is 29.3 Å². The Morgan fingerprint density at radius 2 is 1.63 bits per heavy atom. The van der Waals surface area contributed by atoms with E-state index in [1.165, 1.54) is 0 Å². The van der Waals surface area contributed by atoms with E-state index in [2.05, 4.69) is 0 Å². The third kappa shape index (κ3) is 2.51. The SMILES string of the molecule is O=C1CN(c2c(F)cc(C(=O)O)cc2F)CC(=O)N1. The van der Waals surface area contributed by atoms with Crippen molar-refractivity contribution in [2.24, 2.45) is 0 Å². The second-order valence-electron chi connectivity index (χ2n) is 3.92. The van der Waals surface area contributed by atoms with Crippen molar-refractivity contribution in [3.8, 4) is 0 Å². The Morgan fingerprint density at radius 3 is 2.05 bits per heavy atom. The van der Waals surface area contributed by atoms with Crippen LogP contribution in [0.25, 0.3) is 0 Å². The Balaban J connectivity index is 2.42. The number of amides is 2. The summed E-state index contributed by atoms with van der Waals surface area (Å²) < 4.78 is 27.4. The van der Waals surface area contributed by atoms with Crippen LogP contribution < -0.4 is 10.2 Å². The van der Waals surface area contributed by atoms with Crippen LogP contribution in [0.4, 0.5) is 14.5 Å². The van der Waals surface area contributed by atoms with E-state index in [0.717, 1.165) is 4.90 Å². The molecule has 1 aromatic carbocycles. The van der Waals surface area contributed by atoms with Gasteiger partial charge in [0.15, 0.2) is 0 Å². The molecule has 8 heteroatoms. The van der Waals surface area contributed by atoms with Gasteiger partial charge in [-0.05, 0) is 12.1 Å². The highest BCUT2D eigenvalue weighted by Crippen LogP contribution is 2.25. The summed E-state index contributed by atoms with van der Waals surface area (Å²) >= 11 is 0. The number of carboxylic acid groups (broad SMARTS) is 1. The lowest BCUT2D eigenvalue weighted by Crippen LogP contribution is -2.52. The number of halogens is 2. The number of anilines is 1. The number of nitrogens with one attached hydrogen (secondary N) is 1. The summed E-state index contributed by atoms with van der Waals surface area (Å²) in [4.78, 5) is 33.8. The van der Waals surface area contributed by atoms with Gasteiger partial charge in [0.25, 0.3) is 0 Å². The van der Waals surface area contributed by atoms with Gasteiger partial charge in [-0.2, -0.15) is 0 Å². The molecule has 2 amide bonds. The second kappa shape index (κ2) is 4.63. The van der Waals surface area contributed by atoms with E-state index in [4.69, 9.17) is 5.11 Å². The molecule has 1 fully saturated rings. The molecule has 1 heterocycles. The molecule has 2 N–H and O–H groups in total. The number of nitrogens with zero attached hydrogens (tertiary/aromatic N) is 1. The summed E-state index contributed by atoms with van der Waals surface area (Å²) in [5.74, 6) is -5.12. The molecule has 1 aromatic rings. The number of piperazine rings is 1. The van der Waals surface area contributed by atoms with Crippen molar-refractivity contribution in [1.29, 1.82) is 0 Å². The van der Waals surface area contributed by atoms with Crippen LogP contribution in [-0.4, -0.2) is 36.0 Å². The lowest BCUT2D eigenvalue weighted by Gasteiger charge is -2.28. The quantitative estimate of drug-likeness (QED) is 0.746. The molecule has 2 rings (SSSR count). The molecule has 0 bridgehead atoms. The van der Waals surface area contributed by atoms with E-state index in [1.807, 2.05) is 5.32 Å².